The fourth-order valence-corrected chi connectivity index (χ4v) is 4.51. The number of fused-ring (bicyclic) bond motifs is 1. The zero-order valence-electron chi connectivity index (χ0n) is 23.6. The molecule has 0 radical (unpaired) electrons. The number of rotatable bonds is 11. The number of hydrogen-bond donors (Lipinski definition) is 3. The summed E-state index contributed by atoms with van der Waals surface area (Å²) in [6.07, 6.45) is 5.16. The summed E-state index contributed by atoms with van der Waals surface area (Å²) >= 11 is 0. The molecule has 0 amide bonds. The van der Waals surface area contributed by atoms with Crippen LogP contribution in [0.15, 0.2) is 79.9 Å². The number of hydrogen-bond acceptors (Lipinski definition) is 6. The summed E-state index contributed by atoms with van der Waals surface area (Å²) in [4.78, 5) is 18.5. The van der Waals surface area contributed by atoms with Crippen molar-refractivity contribution in [1.82, 2.24) is 34.7 Å². The number of likely N-dealkylation sites (N-methyl/N-ethyl adjacent to an activating group) is 1. The van der Waals surface area contributed by atoms with Crippen LogP contribution in [0.5, 0.6) is 0 Å². The number of alkyl halides is 2. The number of nitrogens with zero attached hydrogens (tertiary/aromatic N) is 5. The second kappa shape index (κ2) is 11.5. The number of H-pyrrole nitrogens is 1. The Kier molecular flexibility index (Phi) is 7.85. The first-order valence-corrected chi connectivity index (χ1v) is 13.4. The van der Waals surface area contributed by atoms with Crippen molar-refractivity contribution in [2.75, 3.05) is 26.0 Å². The second-order valence-electron chi connectivity index (χ2n) is 10.5. The van der Waals surface area contributed by atoms with Gasteiger partial charge >= 0.3 is 0 Å². The zero-order valence-corrected chi connectivity index (χ0v) is 23.6. The van der Waals surface area contributed by atoms with Gasteiger partial charge in [0.15, 0.2) is 5.82 Å². The summed E-state index contributed by atoms with van der Waals surface area (Å²) in [6.45, 7) is 7.89. The number of aromatic amines is 1. The molecule has 41 heavy (non-hydrogen) atoms. The van der Waals surface area contributed by atoms with Crippen LogP contribution in [0.2, 0.25) is 0 Å². The molecule has 3 aromatic heterocycles. The molecule has 1 atom stereocenters. The smallest absolute Gasteiger partial charge is 0.264 e. The monoisotopic (exact) mass is 556 g/mol. The van der Waals surface area contributed by atoms with Crippen molar-refractivity contribution in [3.63, 3.8) is 0 Å². The lowest BCUT2D eigenvalue weighted by Crippen LogP contribution is -2.39. The fourth-order valence-electron chi connectivity index (χ4n) is 4.51. The summed E-state index contributed by atoms with van der Waals surface area (Å²) < 4.78 is 29.9. The topological polar surface area (TPSA) is 86.7 Å². The maximum Gasteiger partial charge on any atom is 0.264 e. The molecule has 0 saturated heterocycles. The Hall–Kier alpha value is -4.57. The van der Waals surface area contributed by atoms with Crippen molar-refractivity contribution in [2.24, 2.45) is 0 Å². The zero-order chi connectivity index (χ0) is 29.1. The summed E-state index contributed by atoms with van der Waals surface area (Å²) in [5.41, 5.74) is 5.91. The molecule has 0 unspecified atom stereocenters. The van der Waals surface area contributed by atoms with Gasteiger partial charge in [-0.2, -0.15) is 0 Å². The maximum atomic E-state index is 13.9. The van der Waals surface area contributed by atoms with E-state index in [4.69, 9.17) is 4.98 Å². The molecule has 2 aromatic carbocycles. The second-order valence-corrected chi connectivity index (χ2v) is 10.5. The first-order chi connectivity index (χ1) is 19.6. The molecule has 212 valence electrons. The van der Waals surface area contributed by atoms with Gasteiger partial charge in [0.2, 0.25) is 0 Å². The molecular formula is C31H34F2N8. The van der Waals surface area contributed by atoms with E-state index >= 15 is 0 Å². The third kappa shape index (κ3) is 6.44. The minimum Gasteiger partial charge on any atom is -0.375 e. The van der Waals surface area contributed by atoms with E-state index in [1.807, 2.05) is 68.7 Å². The Bertz CT molecular complexity index is 1630. The normalized spacial score (nSPS) is 12.6. The van der Waals surface area contributed by atoms with Crippen molar-refractivity contribution >= 4 is 28.1 Å². The maximum absolute atomic E-state index is 13.9. The number of halogens is 2. The van der Waals surface area contributed by atoms with E-state index < -0.39 is 12.0 Å². The van der Waals surface area contributed by atoms with Gasteiger partial charge in [-0.3, -0.25) is 0 Å². The van der Waals surface area contributed by atoms with E-state index in [9.17, 15) is 8.78 Å². The van der Waals surface area contributed by atoms with Gasteiger partial charge in [-0.25, -0.2) is 23.7 Å². The molecule has 3 heterocycles. The van der Waals surface area contributed by atoms with Crippen molar-refractivity contribution in [3.05, 3.63) is 85.6 Å². The van der Waals surface area contributed by atoms with Gasteiger partial charge in [-0.05, 0) is 56.9 Å². The summed E-state index contributed by atoms with van der Waals surface area (Å²) in [5, 5.41) is 7.22. The predicted octanol–water partition coefficient (Wildman–Crippen LogP) is 6.40. The standard InChI is InChI=1S/C31H34F2N8/c1-20(37-21(2)31(3,32)33)27-16-23-6-7-24(17-28(23)41(27)15-14-40(4)5)30-35-13-12-29(39-30)38-25-10-8-22(9-11-25)26-18-34-19-36-26/h6-13,16-19,21,37H,1,14-15H2,2-5H3,(H,34,36)(H,35,38,39)/t21-/m0/s1. The number of imidazole rings is 1. The van der Waals surface area contributed by atoms with Crippen LogP contribution in [0.1, 0.15) is 19.5 Å². The average molecular weight is 557 g/mol. The van der Waals surface area contributed by atoms with Gasteiger partial charge in [-0.15, -0.1) is 0 Å². The van der Waals surface area contributed by atoms with E-state index in [1.165, 1.54) is 6.92 Å². The molecular weight excluding hydrogens is 522 g/mol. The van der Waals surface area contributed by atoms with Crippen molar-refractivity contribution < 1.29 is 8.78 Å². The lowest BCUT2D eigenvalue weighted by Gasteiger charge is -2.24. The first-order valence-electron chi connectivity index (χ1n) is 13.4. The molecule has 8 nitrogen and oxygen atoms in total. The number of benzene rings is 2. The van der Waals surface area contributed by atoms with Gasteiger partial charge in [0, 0.05) is 48.4 Å². The molecule has 0 bridgehead atoms. The highest BCUT2D eigenvalue weighted by Gasteiger charge is 2.30. The molecule has 3 N–H and O–H groups in total. The van der Waals surface area contributed by atoms with E-state index in [2.05, 4.69) is 41.6 Å². The molecule has 0 aliphatic carbocycles. The van der Waals surface area contributed by atoms with Crippen LogP contribution in [0, 0.1) is 0 Å². The highest BCUT2D eigenvalue weighted by molar-refractivity contribution is 5.88. The fraction of sp³-hybridized carbons (Fsp3) is 0.258. The van der Waals surface area contributed by atoms with E-state index in [0.717, 1.165) is 52.6 Å². The van der Waals surface area contributed by atoms with Crippen molar-refractivity contribution in [1.29, 1.82) is 0 Å². The Morgan fingerprint density at radius 1 is 1.10 bits per heavy atom. The molecule has 5 rings (SSSR count). The van der Waals surface area contributed by atoms with Gasteiger partial charge in [-0.1, -0.05) is 30.8 Å². The predicted molar refractivity (Wildman–Crippen MR) is 161 cm³/mol. The van der Waals surface area contributed by atoms with E-state index in [-0.39, 0.29) is 0 Å². The van der Waals surface area contributed by atoms with Crippen LogP contribution >= 0.6 is 0 Å². The van der Waals surface area contributed by atoms with Gasteiger partial charge in [0.05, 0.1) is 35.7 Å². The lowest BCUT2D eigenvalue weighted by molar-refractivity contribution is -0.00687. The Labute approximate surface area is 238 Å². The summed E-state index contributed by atoms with van der Waals surface area (Å²) in [5.74, 6) is -1.64. The van der Waals surface area contributed by atoms with Crippen molar-refractivity contribution in [2.45, 2.75) is 32.4 Å². The summed E-state index contributed by atoms with van der Waals surface area (Å²) in [6, 6.07) is 16.8. The highest BCUT2D eigenvalue weighted by atomic mass is 19.3. The SMILES string of the molecule is C=C(N[C@@H](C)C(C)(F)F)c1cc2ccc(-c3nccc(Nc4ccc(-c5cnc[nH]5)cc4)n3)cc2n1CCN(C)C. The van der Waals surface area contributed by atoms with Crippen LogP contribution in [0.4, 0.5) is 20.3 Å². The minimum atomic E-state index is -2.88. The molecule has 0 fully saturated rings. The van der Waals surface area contributed by atoms with Crippen molar-refractivity contribution in [3.8, 4) is 22.6 Å². The number of nitrogens with one attached hydrogen (secondary N) is 3. The van der Waals surface area contributed by atoms with E-state index in [0.29, 0.717) is 23.9 Å². The Morgan fingerprint density at radius 2 is 1.85 bits per heavy atom. The molecule has 0 spiro atoms. The van der Waals surface area contributed by atoms with Crippen LogP contribution < -0.4 is 10.6 Å². The molecule has 0 saturated carbocycles. The van der Waals surface area contributed by atoms with Gasteiger partial charge < -0.3 is 25.1 Å². The number of anilines is 2. The summed E-state index contributed by atoms with van der Waals surface area (Å²) in [7, 11) is 4.00. The van der Waals surface area contributed by atoms with Crippen LogP contribution in [0.3, 0.4) is 0 Å². The molecule has 5 aromatic rings. The van der Waals surface area contributed by atoms with E-state index in [1.54, 1.807) is 18.7 Å². The molecule has 0 aliphatic heterocycles. The Morgan fingerprint density at radius 3 is 2.54 bits per heavy atom. The third-order valence-electron chi connectivity index (χ3n) is 7.02. The van der Waals surface area contributed by atoms with Crippen LogP contribution in [-0.2, 0) is 6.54 Å². The quantitative estimate of drug-likeness (QED) is 0.175. The van der Waals surface area contributed by atoms with Crippen LogP contribution in [0.25, 0.3) is 39.2 Å². The van der Waals surface area contributed by atoms with Gasteiger partial charge in [0.1, 0.15) is 5.82 Å². The molecule has 0 aliphatic rings. The number of aromatic nitrogens is 5. The largest absolute Gasteiger partial charge is 0.375 e. The molecule has 10 heteroatoms. The highest BCUT2D eigenvalue weighted by Crippen LogP contribution is 2.30. The first kappa shape index (κ1) is 28.0. The lowest BCUT2D eigenvalue weighted by atomic mass is 10.1. The van der Waals surface area contributed by atoms with Gasteiger partial charge in [0.25, 0.3) is 5.92 Å². The van der Waals surface area contributed by atoms with Crippen LogP contribution in [-0.4, -0.2) is 62.0 Å². The Balaban J connectivity index is 1.43. The average Bonchev–Trinajstić information content (AvgIpc) is 3.60. The third-order valence-corrected chi connectivity index (χ3v) is 7.02. The minimum absolute atomic E-state index is 0.455.